The summed E-state index contributed by atoms with van der Waals surface area (Å²) in [6.45, 7) is 3.25. The number of cyclic esters (lactones) is 2. The minimum Gasteiger partial charge on any atom is -0.507 e. The molecule has 2 N–H and O–H groups in total. The maximum atomic E-state index is 14.0. The van der Waals surface area contributed by atoms with Crippen molar-refractivity contribution in [2.75, 3.05) is 14.2 Å². The van der Waals surface area contributed by atoms with E-state index >= 15 is 0 Å². The van der Waals surface area contributed by atoms with E-state index in [1.165, 1.54) is 12.1 Å². The highest BCUT2D eigenvalue weighted by Gasteiger charge is 2.49. The summed E-state index contributed by atoms with van der Waals surface area (Å²) in [5.74, 6) is -8.74. The molecule has 2 aromatic rings. The van der Waals surface area contributed by atoms with E-state index in [-0.39, 0.29) is 35.1 Å². The number of fused-ring (bicyclic) bond motifs is 6. The molecule has 0 saturated heterocycles. The molecule has 2 aliphatic heterocycles. The molecule has 0 fully saturated rings. The number of carbonyl (C=O) groups excluding carboxylic acids is 6. The van der Waals surface area contributed by atoms with Crippen molar-refractivity contribution < 1.29 is 57.9 Å². The summed E-state index contributed by atoms with van der Waals surface area (Å²) in [5.41, 5.74) is -3.45. The van der Waals surface area contributed by atoms with Crippen molar-refractivity contribution >= 4 is 35.1 Å². The van der Waals surface area contributed by atoms with Crippen LogP contribution in [0.4, 0.5) is 0 Å². The highest BCUT2D eigenvalue weighted by atomic mass is 16.5. The maximum Gasteiger partial charge on any atom is 0.339 e. The summed E-state index contributed by atoms with van der Waals surface area (Å²) < 4.78 is 21.1. The molecule has 0 aromatic heterocycles. The number of rotatable bonds is 3. The highest BCUT2D eigenvalue weighted by molar-refractivity contribution is 6.39. The summed E-state index contributed by atoms with van der Waals surface area (Å²) in [5, 5.41) is 21.8. The summed E-state index contributed by atoms with van der Waals surface area (Å²) in [7, 11) is 2.09. The van der Waals surface area contributed by atoms with Gasteiger partial charge < -0.3 is 29.2 Å². The summed E-state index contributed by atoms with van der Waals surface area (Å²) in [6, 6.07) is 2.34. The number of benzene rings is 2. The van der Waals surface area contributed by atoms with Crippen LogP contribution < -0.4 is 0 Å². The molecule has 12 heteroatoms. The van der Waals surface area contributed by atoms with Gasteiger partial charge >= 0.3 is 11.9 Å². The minimum atomic E-state index is -1.12. The topological polar surface area (TPSA) is 180 Å². The number of allylic oxidation sites excluding steroid dienone is 4. The molecule has 2 aromatic carbocycles. The molecule has 2 atom stereocenters. The maximum absolute atomic E-state index is 14.0. The SMILES string of the molecule is COC1=C(C2=C(OC)C(=O)c3c(c(O)cc4c3C(=O)O[C@H](C)C4)C2=O)C(=O)c2c(O)cc3c(c2C1=O)C(=O)O[C@H](C)C3. The Morgan fingerprint density at radius 2 is 0.952 bits per heavy atom. The largest absolute Gasteiger partial charge is 0.507 e. The van der Waals surface area contributed by atoms with Gasteiger partial charge in [-0.2, -0.15) is 0 Å². The van der Waals surface area contributed by atoms with Crippen LogP contribution in [-0.4, -0.2) is 71.7 Å². The standard InChI is InChI=1S/C30H22O12/c1-9-5-11-7-13(31)17-19(15(11)29(37)41-9)25(35)27(39-3)21(23(17)33)22-24(34)18-14(32)8-12-6-10(2)42-30(38)16(12)20(18)26(36)28(22)40-4/h7-10,31-32H,5-6H2,1-4H3/t9-,10-/m1/s1. The first-order valence-electron chi connectivity index (χ1n) is 12.9. The Hall–Kier alpha value is -5.26. The van der Waals surface area contributed by atoms with Crippen molar-refractivity contribution in [1.29, 1.82) is 0 Å². The Kier molecular flexibility index (Phi) is 5.85. The van der Waals surface area contributed by atoms with E-state index in [1.807, 2.05) is 0 Å². The zero-order valence-corrected chi connectivity index (χ0v) is 22.7. The third-order valence-corrected chi connectivity index (χ3v) is 7.70. The summed E-state index contributed by atoms with van der Waals surface area (Å²) >= 11 is 0. The number of hydrogen-bond acceptors (Lipinski definition) is 12. The van der Waals surface area contributed by atoms with Crippen LogP contribution in [0.2, 0.25) is 0 Å². The third kappa shape index (κ3) is 3.47. The number of hydrogen-bond donors (Lipinski definition) is 2. The fourth-order valence-corrected chi connectivity index (χ4v) is 6.09. The Bertz CT molecular complexity index is 1670. The first kappa shape index (κ1) is 26.9. The molecule has 0 amide bonds. The quantitative estimate of drug-likeness (QED) is 0.512. The number of ketones is 4. The van der Waals surface area contributed by atoms with Crippen molar-refractivity contribution in [3.63, 3.8) is 0 Å². The summed E-state index contributed by atoms with van der Waals surface area (Å²) in [4.78, 5) is 81.4. The highest BCUT2D eigenvalue weighted by Crippen LogP contribution is 2.45. The molecule has 12 nitrogen and oxygen atoms in total. The van der Waals surface area contributed by atoms with E-state index in [0.29, 0.717) is 0 Å². The van der Waals surface area contributed by atoms with E-state index in [0.717, 1.165) is 14.2 Å². The zero-order valence-electron chi connectivity index (χ0n) is 22.7. The predicted molar refractivity (Wildman–Crippen MR) is 139 cm³/mol. The fourth-order valence-electron chi connectivity index (χ4n) is 6.09. The molecule has 2 aliphatic carbocycles. The molecule has 214 valence electrons. The van der Waals surface area contributed by atoms with Crippen LogP contribution in [0.15, 0.2) is 34.8 Å². The number of methoxy groups -OCH3 is 2. The molecular weight excluding hydrogens is 552 g/mol. The van der Waals surface area contributed by atoms with Crippen LogP contribution in [0, 0.1) is 0 Å². The monoisotopic (exact) mass is 574 g/mol. The molecule has 0 spiro atoms. The average molecular weight is 574 g/mol. The predicted octanol–water partition coefficient (Wildman–Crippen LogP) is 2.56. The third-order valence-electron chi connectivity index (χ3n) is 7.70. The van der Waals surface area contributed by atoms with E-state index in [9.17, 15) is 39.0 Å². The van der Waals surface area contributed by atoms with E-state index in [1.54, 1.807) is 13.8 Å². The van der Waals surface area contributed by atoms with Crippen molar-refractivity contribution in [2.24, 2.45) is 0 Å². The Morgan fingerprint density at radius 3 is 1.29 bits per heavy atom. The van der Waals surface area contributed by atoms with Crippen molar-refractivity contribution in [3.8, 4) is 11.5 Å². The first-order valence-corrected chi connectivity index (χ1v) is 12.9. The van der Waals surface area contributed by atoms with Crippen LogP contribution in [0.5, 0.6) is 11.5 Å². The van der Waals surface area contributed by atoms with Gasteiger partial charge in [-0.05, 0) is 37.1 Å². The second kappa shape index (κ2) is 9.13. The number of phenols is 2. The minimum absolute atomic E-state index is 0.163. The van der Waals surface area contributed by atoms with E-state index in [2.05, 4.69) is 0 Å². The van der Waals surface area contributed by atoms with E-state index < -0.39 is 104 Å². The van der Waals surface area contributed by atoms with Crippen LogP contribution in [-0.2, 0) is 31.8 Å². The molecule has 0 bridgehead atoms. The number of aromatic hydroxyl groups is 2. The van der Waals surface area contributed by atoms with Gasteiger partial charge in [0, 0.05) is 12.8 Å². The number of esters is 2. The second-order valence-corrected chi connectivity index (χ2v) is 10.3. The van der Waals surface area contributed by atoms with Gasteiger partial charge in [0.2, 0.25) is 23.1 Å². The smallest absolute Gasteiger partial charge is 0.339 e. The molecule has 4 aliphatic rings. The fraction of sp³-hybridized carbons (Fsp3) is 0.267. The number of phenolic OH excluding ortho intramolecular Hbond substituents is 2. The van der Waals surface area contributed by atoms with Gasteiger partial charge in [0.1, 0.15) is 23.7 Å². The van der Waals surface area contributed by atoms with Crippen molar-refractivity contribution in [3.05, 3.63) is 79.3 Å². The van der Waals surface area contributed by atoms with Crippen LogP contribution in [0.1, 0.15) is 87.1 Å². The van der Waals surface area contributed by atoms with Gasteiger partial charge in [-0.25, -0.2) is 9.59 Å². The number of carbonyl (C=O) groups is 6. The average Bonchev–Trinajstić information content (AvgIpc) is 2.90. The van der Waals surface area contributed by atoms with Crippen molar-refractivity contribution in [1.82, 2.24) is 0 Å². The van der Waals surface area contributed by atoms with E-state index in [4.69, 9.17) is 18.9 Å². The van der Waals surface area contributed by atoms with Gasteiger partial charge in [-0.1, -0.05) is 0 Å². The lowest BCUT2D eigenvalue weighted by atomic mass is 9.74. The lowest BCUT2D eigenvalue weighted by Gasteiger charge is -2.30. The number of Topliss-reactive ketones (excluding diaryl/α,β-unsaturated/α-hetero) is 4. The van der Waals surface area contributed by atoms with Gasteiger partial charge in [0.15, 0.2) is 11.5 Å². The normalized spacial score (nSPS) is 21.3. The Balaban J connectivity index is 1.62. The van der Waals surface area contributed by atoms with Gasteiger partial charge in [0.05, 0.1) is 58.7 Å². The van der Waals surface area contributed by atoms with Crippen LogP contribution in [0.25, 0.3) is 0 Å². The molecular formula is C30H22O12. The Labute approximate surface area is 237 Å². The van der Waals surface area contributed by atoms with Gasteiger partial charge in [-0.15, -0.1) is 0 Å². The lowest BCUT2D eigenvalue weighted by molar-refractivity contribution is 0.0288. The van der Waals surface area contributed by atoms with Gasteiger partial charge in [0.25, 0.3) is 0 Å². The second-order valence-electron chi connectivity index (χ2n) is 10.3. The molecule has 0 unspecified atom stereocenters. The first-order chi connectivity index (χ1) is 19.9. The van der Waals surface area contributed by atoms with Crippen molar-refractivity contribution in [2.45, 2.75) is 38.9 Å². The molecule has 6 rings (SSSR count). The molecule has 42 heavy (non-hydrogen) atoms. The zero-order chi connectivity index (χ0) is 30.4. The number of ether oxygens (including phenoxy) is 4. The summed E-state index contributed by atoms with van der Waals surface area (Å²) in [6.07, 6.45) is -0.778. The molecule has 0 saturated carbocycles. The lowest BCUT2D eigenvalue weighted by Crippen LogP contribution is -2.36. The molecule has 2 heterocycles. The Morgan fingerprint density at radius 1 is 0.595 bits per heavy atom. The van der Waals surface area contributed by atoms with Crippen LogP contribution >= 0.6 is 0 Å². The van der Waals surface area contributed by atoms with Crippen LogP contribution in [0.3, 0.4) is 0 Å². The van der Waals surface area contributed by atoms with Gasteiger partial charge in [-0.3, -0.25) is 19.2 Å². The molecule has 0 radical (unpaired) electrons.